The zero-order valence-electron chi connectivity index (χ0n) is 10.1. The van der Waals surface area contributed by atoms with E-state index in [9.17, 15) is 0 Å². The second kappa shape index (κ2) is 9.69. The fourth-order valence-electron chi connectivity index (χ4n) is 0.977. The molecule has 1 rings (SSSR count). The average Bonchev–Trinajstić information content (AvgIpc) is 2.30. The molecule has 1 aromatic carbocycles. The molecule has 0 aliphatic heterocycles. The van der Waals surface area contributed by atoms with Crippen LogP contribution < -0.4 is 0 Å². The van der Waals surface area contributed by atoms with Crippen LogP contribution in [0.25, 0.3) is 0 Å². The molecule has 0 nitrogen and oxygen atoms in total. The van der Waals surface area contributed by atoms with Gasteiger partial charge >= 0.3 is 0 Å². The molecular weight excluding hydrogens is 231 g/mol. The molecule has 0 amide bonds. The molecule has 16 heavy (non-hydrogen) atoms. The van der Waals surface area contributed by atoms with E-state index in [4.69, 9.17) is 0 Å². The summed E-state index contributed by atoms with van der Waals surface area (Å²) in [5.74, 6) is 0. The molecule has 2 unspecified atom stereocenters. The minimum absolute atomic E-state index is 0.300. The van der Waals surface area contributed by atoms with Gasteiger partial charge in [0.25, 0.3) is 0 Å². The van der Waals surface area contributed by atoms with E-state index >= 15 is 0 Å². The predicted octanol–water partition coefficient (Wildman–Crippen LogP) is 4.63. The van der Waals surface area contributed by atoms with Gasteiger partial charge in [0, 0.05) is 5.25 Å². The maximum Gasteiger partial charge on any atom is 0.0234 e. The molecule has 2 atom stereocenters. The molecule has 2 heteroatoms. The van der Waals surface area contributed by atoms with Crippen molar-refractivity contribution in [3.63, 3.8) is 0 Å². The van der Waals surface area contributed by atoms with Crippen LogP contribution in [0.1, 0.15) is 18.9 Å². The Hall–Kier alpha value is -0.520. The van der Waals surface area contributed by atoms with E-state index in [0.717, 1.165) is 6.42 Å². The monoisotopic (exact) mass is 252 g/mol. The Bertz CT molecular complexity index is 317. The van der Waals surface area contributed by atoms with E-state index in [2.05, 4.69) is 53.6 Å². The molecule has 88 valence electrons. The van der Waals surface area contributed by atoms with Crippen molar-refractivity contribution in [2.45, 2.75) is 25.5 Å². The summed E-state index contributed by atoms with van der Waals surface area (Å²) in [7, 11) is 2.67. The first kappa shape index (κ1) is 15.5. The number of aryl methyl sites for hydroxylation is 1. The average molecular weight is 252 g/mol. The first-order chi connectivity index (χ1) is 7.60. The number of thiol groups is 1. The second-order valence-corrected chi connectivity index (χ2v) is 4.93. The molecular formula is C14H21PS. The van der Waals surface area contributed by atoms with E-state index in [-0.39, 0.29) is 0 Å². The summed E-state index contributed by atoms with van der Waals surface area (Å²) in [5, 5.41) is 1.59. The van der Waals surface area contributed by atoms with Crippen molar-refractivity contribution in [2.24, 2.45) is 0 Å². The first-order valence-corrected chi connectivity index (χ1v) is 6.42. The van der Waals surface area contributed by atoms with Crippen molar-refractivity contribution in [2.75, 3.05) is 0 Å². The Balaban J connectivity index is 0.000000288. The van der Waals surface area contributed by atoms with E-state index in [0.29, 0.717) is 5.25 Å². The number of hydrogen-bond donors (Lipinski definition) is 1. The summed E-state index contributed by atoms with van der Waals surface area (Å²) < 4.78 is 0. The molecule has 0 heterocycles. The van der Waals surface area contributed by atoms with Gasteiger partial charge in [-0.3, -0.25) is 0 Å². The number of benzene rings is 1. The van der Waals surface area contributed by atoms with Gasteiger partial charge in [0.1, 0.15) is 0 Å². The molecule has 0 aromatic heterocycles. The van der Waals surface area contributed by atoms with Gasteiger partial charge in [0.2, 0.25) is 0 Å². The highest BCUT2D eigenvalue weighted by molar-refractivity contribution is 7.81. The molecule has 0 saturated heterocycles. The molecule has 0 saturated carbocycles. The fraction of sp³-hybridized carbons (Fsp3) is 0.286. The van der Waals surface area contributed by atoms with Crippen molar-refractivity contribution < 1.29 is 0 Å². The maximum absolute atomic E-state index is 4.25. The maximum atomic E-state index is 4.25. The second-order valence-electron chi connectivity index (χ2n) is 3.53. The summed E-state index contributed by atoms with van der Waals surface area (Å²) in [6.45, 7) is 7.74. The Morgan fingerprint density at radius 2 is 2.00 bits per heavy atom. The van der Waals surface area contributed by atoms with E-state index in [1.54, 1.807) is 0 Å². The zero-order valence-corrected chi connectivity index (χ0v) is 12.1. The molecule has 0 spiro atoms. The fourth-order valence-corrected chi connectivity index (χ4v) is 1.64. The normalized spacial score (nSPS) is 12.4. The van der Waals surface area contributed by atoms with E-state index < -0.39 is 0 Å². The Kier molecular flexibility index (Phi) is 9.37. The largest absolute Gasteiger partial charge is 0.171 e. The van der Waals surface area contributed by atoms with Gasteiger partial charge in [-0.1, -0.05) is 53.4 Å². The number of rotatable bonds is 3. The molecule has 0 N–H and O–H groups in total. The lowest BCUT2D eigenvalue weighted by Crippen LogP contribution is -1.90. The third kappa shape index (κ3) is 8.76. The highest BCUT2D eigenvalue weighted by atomic mass is 32.1. The Morgan fingerprint density at radius 3 is 2.31 bits per heavy atom. The van der Waals surface area contributed by atoms with Crippen LogP contribution >= 0.6 is 21.9 Å². The van der Waals surface area contributed by atoms with Gasteiger partial charge in [0.05, 0.1) is 0 Å². The highest BCUT2D eigenvalue weighted by Gasteiger charge is 1.95. The molecule has 0 bridgehead atoms. The van der Waals surface area contributed by atoms with Crippen LogP contribution in [0.5, 0.6) is 0 Å². The van der Waals surface area contributed by atoms with Crippen molar-refractivity contribution in [1.29, 1.82) is 0 Å². The van der Waals surface area contributed by atoms with Crippen LogP contribution in [0.2, 0.25) is 0 Å². The van der Waals surface area contributed by atoms with Crippen LogP contribution in [0, 0.1) is 6.92 Å². The lowest BCUT2D eigenvalue weighted by Gasteiger charge is -2.02. The molecule has 1 aromatic rings. The minimum atomic E-state index is 0.300. The Morgan fingerprint density at radius 1 is 1.44 bits per heavy atom. The summed E-state index contributed by atoms with van der Waals surface area (Å²) in [6.07, 6.45) is 4.89. The van der Waals surface area contributed by atoms with E-state index in [1.807, 2.05) is 31.2 Å². The first-order valence-electron chi connectivity index (χ1n) is 5.33. The molecule has 0 aliphatic rings. The van der Waals surface area contributed by atoms with E-state index in [1.165, 1.54) is 10.9 Å². The summed E-state index contributed by atoms with van der Waals surface area (Å²) in [4.78, 5) is 0. The van der Waals surface area contributed by atoms with Gasteiger partial charge in [-0.25, -0.2) is 0 Å². The van der Waals surface area contributed by atoms with Crippen LogP contribution in [0.3, 0.4) is 0 Å². The molecule has 0 aliphatic carbocycles. The molecule has 0 fully saturated rings. The summed E-state index contributed by atoms with van der Waals surface area (Å²) >= 11 is 4.25. The van der Waals surface area contributed by atoms with Crippen molar-refractivity contribution in [1.82, 2.24) is 0 Å². The van der Waals surface area contributed by atoms with Crippen molar-refractivity contribution >= 4 is 21.9 Å². The summed E-state index contributed by atoms with van der Waals surface area (Å²) in [6, 6.07) is 10.3. The van der Waals surface area contributed by atoms with Gasteiger partial charge in [0.15, 0.2) is 0 Å². The topological polar surface area (TPSA) is 0 Å². The van der Waals surface area contributed by atoms with Crippen LogP contribution in [-0.4, -0.2) is 5.25 Å². The highest BCUT2D eigenvalue weighted by Crippen LogP contribution is 2.16. The third-order valence-electron chi connectivity index (χ3n) is 2.03. The van der Waals surface area contributed by atoms with Gasteiger partial charge in [-0.15, -0.1) is 15.8 Å². The van der Waals surface area contributed by atoms with Gasteiger partial charge in [-0.2, -0.15) is 12.6 Å². The van der Waals surface area contributed by atoms with Crippen LogP contribution in [0.15, 0.2) is 54.4 Å². The van der Waals surface area contributed by atoms with Gasteiger partial charge < -0.3 is 0 Å². The van der Waals surface area contributed by atoms with Crippen LogP contribution in [-0.2, 0) is 0 Å². The number of hydrogen-bond acceptors (Lipinski definition) is 1. The zero-order chi connectivity index (χ0) is 12.4. The lowest BCUT2D eigenvalue weighted by molar-refractivity contribution is 1.07. The molecule has 0 radical (unpaired) electrons. The third-order valence-corrected chi connectivity index (χ3v) is 2.99. The standard InChI is InChI=1S/C7H13PS.C7H8/c1-3-6(8)5-7(9)4-2;1-7-5-3-2-4-6-7/h3-4,7,9H,2,5,8H2,1H3;2-6H,1H3/b6-3+;. The van der Waals surface area contributed by atoms with Crippen molar-refractivity contribution in [3.8, 4) is 0 Å². The smallest absolute Gasteiger partial charge is 0.0234 e. The quantitative estimate of drug-likeness (QED) is 0.452. The van der Waals surface area contributed by atoms with Crippen LogP contribution in [0.4, 0.5) is 0 Å². The number of allylic oxidation sites excluding steroid dienone is 2. The summed E-state index contributed by atoms with van der Waals surface area (Å²) in [5.41, 5.74) is 1.32. The Labute approximate surface area is 107 Å². The lowest BCUT2D eigenvalue weighted by atomic mass is 10.2. The van der Waals surface area contributed by atoms with Crippen molar-refractivity contribution in [3.05, 3.63) is 59.9 Å². The SMILES string of the molecule is C=CC(S)C/C(P)=C\C.Cc1ccccc1. The minimum Gasteiger partial charge on any atom is -0.171 e. The van der Waals surface area contributed by atoms with Gasteiger partial charge in [-0.05, 0) is 20.3 Å². The predicted molar refractivity (Wildman–Crippen MR) is 82.2 cm³/mol.